The first kappa shape index (κ1) is 33.4. The van der Waals surface area contributed by atoms with Crippen LogP contribution in [0, 0.1) is 56.7 Å². The van der Waals surface area contributed by atoms with Crippen molar-refractivity contribution in [2.75, 3.05) is 0 Å². The number of hydrogen-bond acceptors (Lipinski definition) is 2. The van der Waals surface area contributed by atoms with Crippen LogP contribution in [0.1, 0.15) is 121 Å². The molecule has 2 aromatic carbocycles. The van der Waals surface area contributed by atoms with Gasteiger partial charge in [0.1, 0.15) is 0 Å². The van der Waals surface area contributed by atoms with Crippen LogP contribution < -0.4 is 5.32 Å². The summed E-state index contributed by atoms with van der Waals surface area (Å²) in [5.41, 5.74) is 5.60. The molecule has 0 aliphatic heterocycles. The fraction of sp³-hybridized carbons (Fsp3) is 0.591. The van der Waals surface area contributed by atoms with Crippen LogP contribution in [0.2, 0.25) is 0 Å². The van der Waals surface area contributed by atoms with Gasteiger partial charge in [-0.05, 0) is 145 Å². The Hall–Kier alpha value is -3.14. The van der Waals surface area contributed by atoms with Crippen molar-refractivity contribution in [3.05, 3.63) is 89.5 Å². The number of carboxylic acids is 1. The van der Waals surface area contributed by atoms with Crippen LogP contribution in [0.3, 0.4) is 0 Å². The highest BCUT2D eigenvalue weighted by Gasteiger charge is 2.71. The van der Waals surface area contributed by atoms with E-state index in [0.717, 1.165) is 43.2 Å². The van der Waals surface area contributed by atoms with E-state index in [-0.39, 0.29) is 33.0 Å². The van der Waals surface area contributed by atoms with Gasteiger partial charge in [-0.3, -0.25) is 4.79 Å². The number of rotatable bonds is 6. The van der Waals surface area contributed by atoms with Crippen LogP contribution in [-0.4, -0.2) is 17.0 Å². The van der Waals surface area contributed by atoms with E-state index >= 15 is 0 Å². The van der Waals surface area contributed by atoms with Crippen LogP contribution in [0.4, 0.5) is 0 Å². The van der Waals surface area contributed by atoms with Crippen LogP contribution in [-0.2, 0) is 11.3 Å². The zero-order chi connectivity index (χ0) is 34.3. The largest absolute Gasteiger partial charge is 0.478 e. The van der Waals surface area contributed by atoms with Gasteiger partial charge in [0.2, 0.25) is 5.91 Å². The third kappa shape index (κ3) is 4.67. The summed E-state index contributed by atoms with van der Waals surface area (Å²) in [5.74, 6) is 1.89. The van der Waals surface area contributed by atoms with Gasteiger partial charge in [0, 0.05) is 6.54 Å². The molecular formula is C44H57NO3. The summed E-state index contributed by atoms with van der Waals surface area (Å²) in [7, 11) is 0. The Kier molecular flexibility index (Phi) is 7.96. The quantitative estimate of drug-likeness (QED) is 0.307. The maximum Gasteiger partial charge on any atom is 0.335 e. The SMILES string of the molecule is C=C(C)[C@@H]1CC[C@]2(C(=O)NCc3ccccc3)CC[C@]3(C)[C@H](CC[C@@H]4[C@@]5(C)CC=C(c6ccc(C(=O)O)cc6)C(C)(C)[C@@H]5CC[C@]43C)[C@@H]12. The number of nitrogens with one attached hydrogen (secondary N) is 1. The molecule has 0 radical (unpaired) electrons. The highest BCUT2D eigenvalue weighted by atomic mass is 16.4. The molecule has 48 heavy (non-hydrogen) atoms. The summed E-state index contributed by atoms with van der Waals surface area (Å²) < 4.78 is 0. The lowest BCUT2D eigenvalue weighted by molar-refractivity contribution is -0.225. The van der Waals surface area contributed by atoms with E-state index in [2.05, 4.69) is 83.8 Å². The third-order valence-corrected chi connectivity index (χ3v) is 15.8. The number of benzene rings is 2. The predicted molar refractivity (Wildman–Crippen MR) is 194 cm³/mol. The highest BCUT2D eigenvalue weighted by Crippen LogP contribution is 2.77. The maximum atomic E-state index is 14.4. The molecule has 2 N–H and O–H groups in total. The molecule has 4 nitrogen and oxygen atoms in total. The Morgan fingerprint density at radius 2 is 1.54 bits per heavy atom. The van der Waals surface area contributed by atoms with E-state index in [1.165, 1.54) is 36.8 Å². The zero-order valence-corrected chi connectivity index (χ0v) is 30.2. The van der Waals surface area contributed by atoms with E-state index in [9.17, 15) is 14.7 Å². The number of hydrogen-bond donors (Lipinski definition) is 2. The lowest BCUT2D eigenvalue weighted by Crippen LogP contribution is -2.66. The summed E-state index contributed by atoms with van der Waals surface area (Å²) in [6.45, 7) is 20.2. The van der Waals surface area contributed by atoms with Crippen molar-refractivity contribution in [2.24, 2.45) is 56.7 Å². The Labute approximate surface area is 288 Å². The predicted octanol–water partition coefficient (Wildman–Crippen LogP) is 10.4. The molecule has 0 saturated heterocycles. The number of amides is 1. The second kappa shape index (κ2) is 11.5. The Morgan fingerprint density at radius 1 is 0.833 bits per heavy atom. The van der Waals surface area contributed by atoms with Crippen molar-refractivity contribution in [3.8, 4) is 0 Å². The summed E-state index contributed by atoms with van der Waals surface area (Å²) in [6.07, 6.45) is 12.6. The molecule has 0 spiro atoms. The molecule has 9 atom stereocenters. The van der Waals surface area contributed by atoms with E-state index in [1.54, 1.807) is 12.1 Å². The minimum absolute atomic E-state index is 0.00805. The number of carboxylic acid groups (broad SMARTS) is 1. The van der Waals surface area contributed by atoms with Crippen molar-refractivity contribution in [2.45, 2.75) is 106 Å². The Bertz CT molecular complexity index is 1640. The van der Waals surface area contributed by atoms with Gasteiger partial charge in [-0.15, -0.1) is 0 Å². The molecule has 256 valence electrons. The minimum Gasteiger partial charge on any atom is -0.478 e. The standard InChI is InChI=1S/C44H57NO3/c1-28(2)32-19-24-44(39(48)45-27-29-11-9-8-10-12-29)26-25-42(6)34(37(32)44)17-18-36-41(5)22-20-33(30-13-15-31(16-14-30)38(46)47)40(3,4)35(41)21-23-43(36,42)7/h8-16,20,32,34-37H,1,17-19,21-27H2,2-7H3,(H,45,48)(H,46,47)/t32-,34+,35-,36+,37+,41-,42+,43+,44-/m0/s1. The smallest absolute Gasteiger partial charge is 0.335 e. The molecule has 4 saturated carbocycles. The van der Waals surface area contributed by atoms with E-state index in [1.807, 2.05) is 18.2 Å². The van der Waals surface area contributed by atoms with Crippen molar-refractivity contribution in [1.82, 2.24) is 5.32 Å². The Morgan fingerprint density at radius 3 is 2.21 bits per heavy atom. The second-order valence-corrected chi connectivity index (χ2v) is 17.9. The fourth-order valence-electron chi connectivity index (χ4n) is 13.4. The summed E-state index contributed by atoms with van der Waals surface area (Å²) in [5, 5.41) is 12.9. The van der Waals surface area contributed by atoms with E-state index < -0.39 is 5.97 Å². The lowest BCUT2D eigenvalue weighted by atomic mass is 9.32. The summed E-state index contributed by atoms with van der Waals surface area (Å²) in [4.78, 5) is 26.0. The lowest BCUT2D eigenvalue weighted by Gasteiger charge is -2.72. The van der Waals surface area contributed by atoms with Gasteiger partial charge in [0.15, 0.2) is 0 Å². The van der Waals surface area contributed by atoms with Crippen LogP contribution in [0.15, 0.2) is 72.8 Å². The number of fused-ring (bicyclic) bond motifs is 7. The van der Waals surface area contributed by atoms with Gasteiger partial charge in [0.25, 0.3) is 0 Å². The van der Waals surface area contributed by atoms with Crippen LogP contribution >= 0.6 is 0 Å². The van der Waals surface area contributed by atoms with E-state index in [4.69, 9.17) is 0 Å². The van der Waals surface area contributed by atoms with Gasteiger partial charge in [-0.25, -0.2) is 4.79 Å². The molecule has 7 rings (SSSR count). The molecule has 0 unspecified atom stereocenters. The molecule has 4 fully saturated rings. The van der Waals surface area contributed by atoms with Gasteiger partial charge >= 0.3 is 5.97 Å². The molecule has 1 amide bonds. The van der Waals surface area contributed by atoms with Crippen molar-refractivity contribution < 1.29 is 14.7 Å². The average molecular weight is 648 g/mol. The second-order valence-electron chi connectivity index (χ2n) is 17.9. The van der Waals surface area contributed by atoms with Gasteiger partial charge in [-0.2, -0.15) is 0 Å². The molecule has 0 aromatic heterocycles. The molecule has 5 aliphatic carbocycles. The molecule has 2 aromatic rings. The first-order valence-corrected chi connectivity index (χ1v) is 18.7. The number of carbonyl (C=O) groups is 2. The Balaban J connectivity index is 1.20. The molecular weight excluding hydrogens is 590 g/mol. The van der Waals surface area contributed by atoms with Crippen molar-refractivity contribution in [3.63, 3.8) is 0 Å². The third-order valence-electron chi connectivity index (χ3n) is 15.8. The van der Waals surface area contributed by atoms with Crippen molar-refractivity contribution >= 4 is 17.4 Å². The number of carbonyl (C=O) groups excluding carboxylic acids is 1. The molecule has 0 heterocycles. The van der Waals surface area contributed by atoms with Gasteiger partial charge in [0.05, 0.1) is 11.0 Å². The van der Waals surface area contributed by atoms with Gasteiger partial charge < -0.3 is 10.4 Å². The molecule has 4 heteroatoms. The summed E-state index contributed by atoms with van der Waals surface area (Å²) in [6, 6.07) is 17.9. The average Bonchev–Trinajstić information content (AvgIpc) is 3.46. The maximum absolute atomic E-state index is 14.4. The molecule has 0 bridgehead atoms. The summed E-state index contributed by atoms with van der Waals surface area (Å²) >= 11 is 0. The normalized spacial score (nSPS) is 39.5. The van der Waals surface area contributed by atoms with Crippen LogP contribution in [0.5, 0.6) is 0 Å². The fourth-order valence-corrected chi connectivity index (χ4v) is 13.4. The molecule has 5 aliphatic rings. The van der Waals surface area contributed by atoms with Gasteiger partial charge in [-0.1, -0.05) is 95.3 Å². The first-order chi connectivity index (χ1) is 22.7. The minimum atomic E-state index is -0.874. The number of aromatic carboxylic acids is 1. The van der Waals surface area contributed by atoms with Crippen molar-refractivity contribution in [1.29, 1.82) is 0 Å². The topological polar surface area (TPSA) is 66.4 Å². The zero-order valence-electron chi connectivity index (χ0n) is 30.2. The highest BCUT2D eigenvalue weighted by molar-refractivity contribution is 5.88. The first-order valence-electron chi connectivity index (χ1n) is 18.7. The number of allylic oxidation sites excluding steroid dienone is 3. The monoisotopic (exact) mass is 647 g/mol. The van der Waals surface area contributed by atoms with E-state index in [0.29, 0.717) is 41.7 Å². The van der Waals surface area contributed by atoms with Crippen LogP contribution in [0.25, 0.3) is 5.57 Å².